The Morgan fingerprint density at radius 1 is 1.24 bits per heavy atom. The van der Waals surface area contributed by atoms with Crippen molar-refractivity contribution < 1.29 is 9.21 Å². The largest absolute Gasteiger partial charge is 0.458 e. The standard InChI is InChI=1S/C20H24N2O2S/c1-13-11-18(24-12-13)25-17-5-3-16(4-6-17)20(23)21-19-14(2)22-9-7-15(19)8-10-22/h3-6,11-12,14-15,19H,7-10H2,1-2H3,(H,21,23). The zero-order chi connectivity index (χ0) is 17.4. The zero-order valence-corrected chi connectivity index (χ0v) is 15.5. The van der Waals surface area contributed by atoms with Gasteiger partial charge in [0.05, 0.1) is 6.26 Å². The first kappa shape index (κ1) is 16.7. The number of hydrogen-bond acceptors (Lipinski definition) is 4. The van der Waals surface area contributed by atoms with Gasteiger partial charge in [0, 0.05) is 22.5 Å². The maximum absolute atomic E-state index is 12.7. The average Bonchev–Trinajstić information content (AvgIpc) is 3.04. The summed E-state index contributed by atoms with van der Waals surface area (Å²) in [5, 5.41) is 4.15. The van der Waals surface area contributed by atoms with Gasteiger partial charge in [-0.2, -0.15) is 0 Å². The number of piperidine rings is 3. The van der Waals surface area contributed by atoms with Crippen LogP contribution in [0.2, 0.25) is 0 Å². The van der Waals surface area contributed by atoms with Crippen LogP contribution in [-0.4, -0.2) is 36.0 Å². The molecule has 0 spiro atoms. The summed E-state index contributed by atoms with van der Waals surface area (Å²) in [6.45, 7) is 6.60. The molecule has 1 N–H and O–H groups in total. The molecule has 1 aromatic heterocycles. The van der Waals surface area contributed by atoms with Crippen LogP contribution in [0.1, 0.15) is 35.7 Å². The molecule has 132 valence electrons. The van der Waals surface area contributed by atoms with Crippen molar-refractivity contribution in [1.29, 1.82) is 0 Å². The third-order valence-electron chi connectivity index (χ3n) is 5.52. The third-order valence-corrected chi connectivity index (χ3v) is 6.44. The second kappa shape index (κ2) is 6.89. The fourth-order valence-corrected chi connectivity index (χ4v) is 4.87. The van der Waals surface area contributed by atoms with E-state index in [2.05, 4.69) is 17.1 Å². The number of furan rings is 1. The minimum atomic E-state index is 0.0380. The Kier molecular flexibility index (Phi) is 4.61. The molecule has 25 heavy (non-hydrogen) atoms. The Balaban J connectivity index is 1.40. The molecular weight excluding hydrogens is 332 g/mol. The molecule has 1 amide bonds. The topological polar surface area (TPSA) is 45.5 Å². The highest BCUT2D eigenvalue weighted by Crippen LogP contribution is 2.32. The molecule has 2 bridgehead atoms. The van der Waals surface area contributed by atoms with E-state index in [9.17, 15) is 4.79 Å². The number of fused-ring (bicyclic) bond motifs is 3. The van der Waals surface area contributed by atoms with Gasteiger partial charge in [0.15, 0.2) is 5.09 Å². The fraction of sp³-hybridized carbons (Fsp3) is 0.450. The second-order valence-electron chi connectivity index (χ2n) is 7.18. The third kappa shape index (κ3) is 3.48. The van der Waals surface area contributed by atoms with Crippen LogP contribution in [0.25, 0.3) is 0 Å². The van der Waals surface area contributed by atoms with Crippen LogP contribution in [0.5, 0.6) is 0 Å². The van der Waals surface area contributed by atoms with Gasteiger partial charge in [-0.15, -0.1) is 0 Å². The van der Waals surface area contributed by atoms with E-state index in [1.165, 1.54) is 25.9 Å². The van der Waals surface area contributed by atoms with Crippen molar-refractivity contribution in [1.82, 2.24) is 10.2 Å². The summed E-state index contributed by atoms with van der Waals surface area (Å²) < 4.78 is 5.47. The Labute approximate surface area is 153 Å². The van der Waals surface area contributed by atoms with Crippen molar-refractivity contribution in [3.05, 3.63) is 47.7 Å². The summed E-state index contributed by atoms with van der Waals surface area (Å²) in [4.78, 5) is 16.2. The van der Waals surface area contributed by atoms with E-state index in [4.69, 9.17) is 4.42 Å². The molecule has 3 aliphatic heterocycles. The minimum Gasteiger partial charge on any atom is -0.458 e. The summed E-state index contributed by atoms with van der Waals surface area (Å²) in [5.41, 5.74) is 1.84. The molecule has 5 heteroatoms. The van der Waals surface area contributed by atoms with Crippen molar-refractivity contribution in [3.8, 4) is 0 Å². The number of benzene rings is 1. The molecule has 0 saturated carbocycles. The summed E-state index contributed by atoms with van der Waals surface area (Å²) in [5.74, 6) is 0.664. The van der Waals surface area contributed by atoms with E-state index >= 15 is 0 Å². The summed E-state index contributed by atoms with van der Waals surface area (Å²) >= 11 is 1.57. The van der Waals surface area contributed by atoms with Crippen molar-refractivity contribution >= 4 is 17.7 Å². The number of rotatable bonds is 4. The van der Waals surface area contributed by atoms with E-state index in [0.29, 0.717) is 12.0 Å². The minimum absolute atomic E-state index is 0.0380. The SMILES string of the molecule is Cc1coc(Sc2ccc(C(=O)NC3C4CCN(CC4)C3C)cc2)c1. The zero-order valence-electron chi connectivity index (χ0n) is 14.7. The normalized spacial score (nSPS) is 28.1. The van der Waals surface area contributed by atoms with Gasteiger partial charge in [0.1, 0.15) is 0 Å². The van der Waals surface area contributed by atoms with Crippen LogP contribution in [0.15, 0.2) is 51.0 Å². The first-order valence-corrected chi connectivity index (χ1v) is 9.80. The highest BCUT2D eigenvalue weighted by Gasteiger charge is 2.40. The molecule has 4 nitrogen and oxygen atoms in total. The van der Waals surface area contributed by atoms with Gasteiger partial charge in [-0.05, 0) is 81.6 Å². The molecule has 3 aliphatic rings. The lowest BCUT2D eigenvalue weighted by Crippen LogP contribution is -2.62. The van der Waals surface area contributed by atoms with Gasteiger partial charge in [-0.25, -0.2) is 0 Å². The molecule has 1 aromatic carbocycles. The highest BCUT2D eigenvalue weighted by atomic mass is 32.2. The number of carbonyl (C=O) groups excluding carboxylic acids is 1. The smallest absolute Gasteiger partial charge is 0.251 e. The monoisotopic (exact) mass is 356 g/mol. The van der Waals surface area contributed by atoms with Gasteiger partial charge in [0.25, 0.3) is 5.91 Å². The molecule has 3 fully saturated rings. The molecule has 2 aromatic rings. The Morgan fingerprint density at radius 2 is 1.96 bits per heavy atom. The van der Waals surface area contributed by atoms with Gasteiger partial charge < -0.3 is 9.73 Å². The Hall–Kier alpha value is -1.72. The Bertz CT molecular complexity index is 745. The average molecular weight is 356 g/mol. The lowest BCUT2D eigenvalue weighted by molar-refractivity contribution is 0.0217. The number of amides is 1. The van der Waals surface area contributed by atoms with Crippen LogP contribution in [-0.2, 0) is 0 Å². The number of hydrogen-bond donors (Lipinski definition) is 1. The maximum Gasteiger partial charge on any atom is 0.251 e. The summed E-state index contributed by atoms with van der Waals surface area (Å²) in [6.07, 6.45) is 4.15. The predicted molar refractivity (Wildman–Crippen MR) is 99.0 cm³/mol. The first-order chi connectivity index (χ1) is 12.1. The van der Waals surface area contributed by atoms with Crippen LogP contribution in [0.4, 0.5) is 0 Å². The number of aryl methyl sites for hydroxylation is 1. The van der Waals surface area contributed by atoms with E-state index in [1.807, 2.05) is 37.3 Å². The summed E-state index contributed by atoms with van der Waals surface area (Å²) in [7, 11) is 0. The summed E-state index contributed by atoms with van der Waals surface area (Å²) in [6, 6.07) is 10.5. The van der Waals surface area contributed by atoms with Gasteiger partial charge in [0.2, 0.25) is 0 Å². The van der Waals surface area contributed by atoms with Crippen LogP contribution in [0, 0.1) is 12.8 Å². The number of carbonyl (C=O) groups is 1. The van der Waals surface area contributed by atoms with E-state index in [0.717, 1.165) is 21.1 Å². The highest BCUT2D eigenvalue weighted by molar-refractivity contribution is 7.99. The predicted octanol–water partition coefficient (Wildman–Crippen LogP) is 3.95. The first-order valence-electron chi connectivity index (χ1n) is 8.98. The van der Waals surface area contributed by atoms with Crippen LogP contribution in [0.3, 0.4) is 0 Å². The number of nitrogens with one attached hydrogen (secondary N) is 1. The van der Waals surface area contributed by atoms with Crippen molar-refractivity contribution in [2.24, 2.45) is 5.92 Å². The molecule has 4 heterocycles. The lowest BCUT2D eigenvalue weighted by Gasteiger charge is -2.49. The van der Waals surface area contributed by atoms with Crippen molar-refractivity contribution in [2.45, 2.75) is 48.8 Å². The van der Waals surface area contributed by atoms with Gasteiger partial charge >= 0.3 is 0 Å². The molecule has 2 atom stereocenters. The fourth-order valence-electron chi connectivity index (χ4n) is 4.03. The van der Waals surface area contributed by atoms with E-state index < -0.39 is 0 Å². The van der Waals surface area contributed by atoms with Crippen molar-refractivity contribution in [3.63, 3.8) is 0 Å². The van der Waals surface area contributed by atoms with Crippen LogP contribution >= 0.6 is 11.8 Å². The molecular formula is C20H24N2O2S. The van der Waals surface area contributed by atoms with Gasteiger partial charge in [-0.3, -0.25) is 9.69 Å². The quantitative estimate of drug-likeness (QED) is 0.901. The maximum atomic E-state index is 12.7. The molecule has 5 rings (SSSR count). The van der Waals surface area contributed by atoms with Crippen molar-refractivity contribution in [2.75, 3.05) is 13.1 Å². The number of nitrogens with zero attached hydrogens (tertiary/aromatic N) is 1. The lowest BCUT2D eigenvalue weighted by atomic mass is 9.79. The molecule has 0 radical (unpaired) electrons. The van der Waals surface area contributed by atoms with Gasteiger partial charge in [-0.1, -0.05) is 11.8 Å². The second-order valence-corrected chi connectivity index (χ2v) is 8.26. The molecule has 3 saturated heterocycles. The molecule has 2 unspecified atom stereocenters. The van der Waals surface area contributed by atoms with E-state index in [-0.39, 0.29) is 11.9 Å². The van der Waals surface area contributed by atoms with Crippen LogP contribution < -0.4 is 5.32 Å². The van der Waals surface area contributed by atoms with E-state index in [1.54, 1.807) is 18.0 Å². The Morgan fingerprint density at radius 3 is 2.56 bits per heavy atom. The molecule has 0 aliphatic carbocycles.